The summed E-state index contributed by atoms with van der Waals surface area (Å²) < 4.78 is 74.5. The minimum atomic E-state index is -4.81. The van der Waals surface area contributed by atoms with E-state index in [-0.39, 0.29) is 64.2 Å². The predicted octanol–water partition coefficient (Wildman–Crippen LogP) is 6.35. The molecular weight excluding hydrogens is 568 g/mol. The van der Waals surface area contributed by atoms with E-state index in [9.17, 15) is 27.5 Å². The number of aliphatic hydroxyl groups is 1. The molecule has 1 heterocycles. The average Bonchev–Trinajstić information content (AvgIpc) is 2.94. The van der Waals surface area contributed by atoms with Gasteiger partial charge in [0, 0.05) is 17.7 Å². The first-order valence-corrected chi connectivity index (χ1v) is 13.1. The van der Waals surface area contributed by atoms with E-state index < -0.39 is 36.0 Å². The molecule has 0 saturated carbocycles. The van der Waals surface area contributed by atoms with Crippen LogP contribution in [0.4, 0.5) is 17.6 Å². The van der Waals surface area contributed by atoms with E-state index >= 15 is 0 Å². The smallest absolute Gasteiger partial charge is 0.401 e. The Hall–Kier alpha value is -3.57. The number of hydrogen-bond acceptors (Lipinski definition) is 6. The number of hydrogen-bond donors (Lipinski definition) is 2. The number of nitrogens with one attached hydrogen (secondary N) is 1. The average molecular weight is 599 g/mol. The lowest BCUT2D eigenvalue weighted by Gasteiger charge is -2.36. The van der Waals surface area contributed by atoms with Gasteiger partial charge in [0.2, 0.25) is 0 Å². The van der Waals surface area contributed by atoms with Crippen molar-refractivity contribution in [2.24, 2.45) is 0 Å². The number of carbonyl (C=O) groups is 1. The fraction of sp³-hybridized carbons (Fsp3) is 0.379. The van der Waals surface area contributed by atoms with E-state index in [1.165, 1.54) is 63.6 Å². The lowest BCUT2D eigenvalue weighted by Crippen LogP contribution is -2.51. The highest BCUT2D eigenvalue weighted by Gasteiger charge is 2.56. The van der Waals surface area contributed by atoms with E-state index in [1.807, 2.05) is 0 Å². The van der Waals surface area contributed by atoms with Crippen molar-refractivity contribution in [1.29, 1.82) is 0 Å². The number of rotatable bonds is 12. The highest BCUT2D eigenvalue weighted by molar-refractivity contribution is 6.31. The molecule has 2 atom stereocenters. The lowest BCUT2D eigenvalue weighted by atomic mass is 9.78. The highest BCUT2D eigenvalue weighted by Crippen LogP contribution is 2.45. The van der Waals surface area contributed by atoms with Crippen LogP contribution in [0.25, 0.3) is 11.3 Å². The molecule has 222 valence electrons. The van der Waals surface area contributed by atoms with Crippen molar-refractivity contribution >= 4 is 17.5 Å². The summed E-state index contributed by atoms with van der Waals surface area (Å²) in [6.07, 6.45) is -5.81. The summed E-state index contributed by atoms with van der Waals surface area (Å²) in [7, 11) is 2.69. The summed E-state index contributed by atoms with van der Waals surface area (Å²) >= 11 is 5.92. The summed E-state index contributed by atoms with van der Waals surface area (Å²) in [5, 5.41) is 11.6. The van der Waals surface area contributed by atoms with Gasteiger partial charge in [0.25, 0.3) is 5.91 Å². The fourth-order valence-corrected chi connectivity index (χ4v) is 4.50. The maximum absolute atomic E-state index is 14.9. The summed E-state index contributed by atoms with van der Waals surface area (Å²) in [4.78, 5) is 17.4. The standard InChI is InChI=1S/C29H31ClF4N2O5/c1-5-12-28(29(32,33)34,16-35-27(38)19-7-9-22(24(14-19)40-4)41-15-17(2)37)25-11-10-23(39-3)26(36-25)18-6-8-21(31)20(30)13-18/h6-11,13-14,17,37H,5,12,15-16H2,1-4H3,(H,35,38)/t17-,28?/m1/s1. The lowest BCUT2D eigenvalue weighted by molar-refractivity contribution is -0.192. The number of amides is 1. The molecule has 3 rings (SSSR count). The van der Waals surface area contributed by atoms with Crippen LogP contribution in [0.2, 0.25) is 5.02 Å². The third-order valence-electron chi connectivity index (χ3n) is 6.44. The van der Waals surface area contributed by atoms with Crippen LogP contribution in [-0.2, 0) is 5.41 Å². The van der Waals surface area contributed by atoms with E-state index in [4.69, 9.17) is 25.8 Å². The van der Waals surface area contributed by atoms with Crippen LogP contribution in [0.1, 0.15) is 42.7 Å². The Kier molecular flexibility index (Phi) is 10.4. The molecule has 3 aromatic rings. The zero-order valence-corrected chi connectivity index (χ0v) is 23.7. The van der Waals surface area contributed by atoms with Crippen LogP contribution < -0.4 is 19.5 Å². The molecule has 1 amide bonds. The maximum Gasteiger partial charge on any atom is 0.401 e. The molecule has 2 N–H and O–H groups in total. The van der Waals surface area contributed by atoms with Crippen molar-refractivity contribution in [2.45, 2.75) is 44.4 Å². The van der Waals surface area contributed by atoms with Crippen LogP contribution >= 0.6 is 11.6 Å². The van der Waals surface area contributed by atoms with Gasteiger partial charge in [-0.1, -0.05) is 24.9 Å². The largest absolute Gasteiger partial charge is 0.494 e. The van der Waals surface area contributed by atoms with Crippen molar-refractivity contribution in [3.05, 3.63) is 70.6 Å². The maximum atomic E-state index is 14.9. The van der Waals surface area contributed by atoms with Crippen molar-refractivity contribution < 1.29 is 41.7 Å². The minimum Gasteiger partial charge on any atom is -0.494 e. The van der Waals surface area contributed by atoms with Gasteiger partial charge in [0.05, 0.1) is 31.0 Å². The second-order valence-electron chi connectivity index (χ2n) is 9.41. The van der Waals surface area contributed by atoms with Gasteiger partial charge in [-0.15, -0.1) is 0 Å². The van der Waals surface area contributed by atoms with Crippen molar-refractivity contribution in [3.8, 4) is 28.5 Å². The van der Waals surface area contributed by atoms with Gasteiger partial charge in [0.1, 0.15) is 29.3 Å². The van der Waals surface area contributed by atoms with Gasteiger partial charge in [-0.05, 0) is 61.9 Å². The first-order valence-electron chi connectivity index (χ1n) is 12.7. The monoisotopic (exact) mass is 598 g/mol. The quantitative estimate of drug-likeness (QED) is 0.236. The molecule has 0 spiro atoms. The second-order valence-corrected chi connectivity index (χ2v) is 9.82. The number of aromatic nitrogens is 1. The minimum absolute atomic E-state index is 0.0198. The SMILES string of the molecule is CCCC(CNC(=O)c1ccc(OC[C@@H](C)O)c(OC)c1)(c1ccc(OC)c(-c2ccc(F)c(Cl)c2)n1)C(F)(F)F. The molecule has 2 aromatic carbocycles. The molecule has 12 heteroatoms. The van der Waals surface area contributed by atoms with Crippen LogP contribution in [0.3, 0.4) is 0 Å². The molecule has 0 aliphatic rings. The highest BCUT2D eigenvalue weighted by atomic mass is 35.5. The number of methoxy groups -OCH3 is 2. The van der Waals surface area contributed by atoms with Crippen LogP contribution in [0.15, 0.2) is 48.5 Å². The van der Waals surface area contributed by atoms with Crippen LogP contribution in [-0.4, -0.2) is 55.6 Å². The second kappa shape index (κ2) is 13.4. The summed E-state index contributed by atoms with van der Waals surface area (Å²) in [5.74, 6) is -0.861. The molecule has 0 aliphatic heterocycles. The van der Waals surface area contributed by atoms with Crippen LogP contribution in [0.5, 0.6) is 17.2 Å². The first kappa shape index (κ1) is 32.0. The van der Waals surface area contributed by atoms with Gasteiger partial charge in [0.15, 0.2) is 11.5 Å². The number of carbonyl (C=O) groups excluding carboxylic acids is 1. The Bertz CT molecular complexity index is 1370. The predicted molar refractivity (Wildman–Crippen MR) is 146 cm³/mol. The zero-order valence-electron chi connectivity index (χ0n) is 22.9. The number of nitrogens with zero attached hydrogens (tertiary/aromatic N) is 1. The molecule has 0 bridgehead atoms. The molecule has 1 unspecified atom stereocenters. The van der Waals surface area contributed by atoms with Gasteiger partial charge in [-0.2, -0.15) is 13.2 Å². The number of alkyl halides is 3. The Morgan fingerprint density at radius 3 is 2.32 bits per heavy atom. The Labute approximate surface area is 240 Å². The summed E-state index contributed by atoms with van der Waals surface area (Å²) in [6, 6.07) is 10.4. The van der Waals surface area contributed by atoms with Gasteiger partial charge >= 0.3 is 6.18 Å². The van der Waals surface area contributed by atoms with Crippen molar-refractivity contribution in [3.63, 3.8) is 0 Å². The van der Waals surface area contributed by atoms with Gasteiger partial charge < -0.3 is 24.6 Å². The number of pyridine rings is 1. The summed E-state index contributed by atoms with van der Waals surface area (Å²) in [5.41, 5.74) is -2.56. The summed E-state index contributed by atoms with van der Waals surface area (Å²) in [6.45, 7) is 2.30. The number of benzene rings is 2. The molecule has 41 heavy (non-hydrogen) atoms. The third-order valence-corrected chi connectivity index (χ3v) is 6.73. The number of aliphatic hydroxyl groups excluding tert-OH is 1. The Morgan fingerprint density at radius 2 is 1.73 bits per heavy atom. The molecule has 0 fully saturated rings. The van der Waals surface area contributed by atoms with Crippen molar-refractivity contribution in [1.82, 2.24) is 10.3 Å². The molecule has 7 nitrogen and oxygen atoms in total. The topological polar surface area (TPSA) is 89.9 Å². The zero-order chi connectivity index (χ0) is 30.4. The normalized spacial score (nSPS) is 13.7. The first-order chi connectivity index (χ1) is 19.4. The molecule has 0 saturated heterocycles. The Morgan fingerprint density at radius 1 is 1.05 bits per heavy atom. The third kappa shape index (κ3) is 7.20. The van der Waals surface area contributed by atoms with Gasteiger partial charge in [-0.25, -0.2) is 9.37 Å². The van der Waals surface area contributed by atoms with Gasteiger partial charge in [-0.3, -0.25) is 4.79 Å². The number of ether oxygens (including phenoxy) is 3. The molecule has 1 aromatic heterocycles. The fourth-order valence-electron chi connectivity index (χ4n) is 4.32. The van der Waals surface area contributed by atoms with E-state index in [0.717, 1.165) is 6.07 Å². The van der Waals surface area contributed by atoms with E-state index in [0.29, 0.717) is 0 Å². The molecule has 0 aliphatic carbocycles. The Balaban J connectivity index is 2.01. The van der Waals surface area contributed by atoms with E-state index in [1.54, 1.807) is 6.92 Å². The van der Waals surface area contributed by atoms with Crippen LogP contribution in [0, 0.1) is 5.82 Å². The molecular formula is C29H31ClF4N2O5. The van der Waals surface area contributed by atoms with Crippen molar-refractivity contribution in [2.75, 3.05) is 27.4 Å². The van der Waals surface area contributed by atoms with E-state index in [2.05, 4.69) is 10.3 Å². The number of halogens is 5. The molecule has 0 radical (unpaired) electrons.